The van der Waals surface area contributed by atoms with Gasteiger partial charge in [0, 0.05) is 12.5 Å². The van der Waals surface area contributed by atoms with Gasteiger partial charge >= 0.3 is 0 Å². The van der Waals surface area contributed by atoms with Crippen LogP contribution in [0.1, 0.15) is 45.4 Å². The third-order valence-electron chi connectivity index (χ3n) is 3.82. The predicted octanol–water partition coefficient (Wildman–Crippen LogP) is 2.12. The largest absolute Gasteiger partial charge is 0.393 e. The third-order valence-corrected chi connectivity index (χ3v) is 3.82. The van der Waals surface area contributed by atoms with E-state index in [2.05, 4.69) is 6.92 Å². The van der Waals surface area contributed by atoms with E-state index in [-0.39, 0.29) is 6.10 Å². The molecule has 0 aliphatic carbocycles. The Balaban J connectivity index is 1.58. The van der Waals surface area contributed by atoms with Gasteiger partial charge in [0.25, 0.3) is 0 Å². The molecule has 0 radical (unpaired) electrons. The molecule has 0 bridgehead atoms. The zero-order valence-corrected chi connectivity index (χ0v) is 10.2. The smallest absolute Gasteiger partial charge is 0.0591 e. The zero-order valence-electron chi connectivity index (χ0n) is 10.2. The summed E-state index contributed by atoms with van der Waals surface area (Å²) >= 11 is 0. The maximum absolute atomic E-state index is 10.0. The van der Waals surface area contributed by atoms with Gasteiger partial charge in [-0.15, -0.1) is 0 Å². The SMILES string of the molecule is CC1CC(C(O)CCCC2CCCO2)CO1. The molecular formula is C13H24O3. The number of hydrogen-bond acceptors (Lipinski definition) is 3. The van der Waals surface area contributed by atoms with Gasteiger partial charge in [-0.3, -0.25) is 0 Å². The molecule has 0 aromatic rings. The summed E-state index contributed by atoms with van der Waals surface area (Å²) in [6.07, 6.45) is 7.15. The summed E-state index contributed by atoms with van der Waals surface area (Å²) in [4.78, 5) is 0. The van der Waals surface area contributed by atoms with Gasteiger partial charge in [-0.2, -0.15) is 0 Å². The lowest BCUT2D eigenvalue weighted by atomic mass is 9.94. The molecule has 4 atom stereocenters. The molecule has 3 nitrogen and oxygen atoms in total. The van der Waals surface area contributed by atoms with Crippen LogP contribution in [0.5, 0.6) is 0 Å². The summed E-state index contributed by atoms with van der Waals surface area (Å²) in [6.45, 7) is 3.75. The average Bonchev–Trinajstić information content (AvgIpc) is 2.89. The van der Waals surface area contributed by atoms with Crippen molar-refractivity contribution >= 4 is 0 Å². The minimum Gasteiger partial charge on any atom is -0.393 e. The van der Waals surface area contributed by atoms with Crippen LogP contribution in [0, 0.1) is 5.92 Å². The van der Waals surface area contributed by atoms with Crippen LogP contribution in [-0.4, -0.2) is 36.6 Å². The van der Waals surface area contributed by atoms with E-state index in [0.717, 1.165) is 38.9 Å². The second kappa shape index (κ2) is 5.99. The molecule has 1 N–H and O–H groups in total. The van der Waals surface area contributed by atoms with Crippen LogP contribution in [0.25, 0.3) is 0 Å². The minimum atomic E-state index is -0.175. The van der Waals surface area contributed by atoms with Crippen molar-refractivity contribution in [1.29, 1.82) is 0 Å². The number of ether oxygens (including phenoxy) is 2. The van der Waals surface area contributed by atoms with Crippen molar-refractivity contribution in [2.24, 2.45) is 5.92 Å². The summed E-state index contributed by atoms with van der Waals surface area (Å²) < 4.78 is 11.1. The summed E-state index contributed by atoms with van der Waals surface area (Å²) in [7, 11) is 0. The van der Waals surface area contributed by atoms with Gasteiger partial charge in [-0.05, 0) is 45.4 Å². The van der Waals surface area contributed by atoms with Crippen LogP contribution in [0.3, 0.4) is 0 Å². The maximum atomic E-state index is 10.0. The van der Waals surface area contributed by atoms with Gasteiger partial charge < -0.3 is 14.6 Å². The van der Waals surface area contributed by atoms with Crippen LogP contribution < -0.4 is 0 Å². The summed E-state index contributed by atoms with van der Waals surface area (Å²) in [5.41, 5.74) is 0. The van der Waals surface area contributed by atoms with Crippen molar-refractivity contribution < 1.29 is 14.6 Å². The molecule has 0 aromatic heterocycles. The molecule has 2 aliphatic heterocycles. The van der Waals surface area contributed by atoms with Crippen LogP contribution in [-0.2, 0) is 9.47 Å². The molecule has 2 aliphatic rings. The highest BCUT2D eigenvalue weighted by atomic mass is 16.5. The third kappa shape index (κ3) is 3.44. The Morgan fingerprint density at radius 3 is 2.88 bits per heavy atom. The van der Waals surface area contributed by atoms with Gasteiger partial charge in [-0.1, -0.05) is 0 Å². The van der Waals surface area contributed by atoms with E-state index in [1.165, 1.54) is 12.8 Å². The molecule has 2 fully saturated rings. The van der Waals surface area contributed by atoms with Gasteiger partial charge in [0.1, 0.15) is 0 Å². The summed E-state index contributed by atoms with van der Waals surface area (Å²) in [6, 6.07) is 0. The fraction of sp³-hybridized carbons (Fsp3) is 1.00. The van der Waals surface area contributed by atoms with Crippen LogP contribution >= 0.6 is 0 Å². The monoisotopic (exact) mass is 228 g/mol. The molecule has 2 saturated heterocycles. The molecule has 2 rings (SSSR count). The molecule has 4 unspecified atom stereocenters. The molecule has 3 heteroatoms. The normalized spacial score (nSPS) is 36.8. The van der Waals surface area contributed by atoms with Crippen LogP contribution in [0.4, 0.5) is 0 Å². The van der Waals surface area contributed by atoms with E-state index < -0.39 is 0 Å². The quantitative estimate of drug-likeness (QED) is 0.783. The molecule has 0 saturated carbocycles. The lowest BCUT2D eigenvalue weighted by Crippen LogP contribution is -2.21. The van der Waals surface area contributed by atoms with E-state index in [1.54, 1.807) is 0 Å². The molecule has 2 heterocycles. The first-order valence-corrected chi connectivity index (χ1v) is 6.67. The Morgan fingerprint density at radius 1 is 1.38 bits per heavy atom. The average molecular weight is 228 g/mol. The van der Waals surface area contributed by atoms with Crippen molar-refractivity contribution in [3.8, 4) is 0 Å². The number of rotatable bonds is 5. The van der Waals surface area contributed by atoms with Crippen LogP contribution in [0.15, 0.2) is 0 Å². The first kappa shape index (κ1) is 12.3. The van der Waals surface area contributed by atoms with E-state index in [1.807, 2.05) is 0 Å². The van der Waals surface area contributed by atoms with Crippen molar-refractivity contribution in [3.63, 3.8) is 0 Å². The molecule has 94 valence electrons. The summed E-state index contributed by atoms with van der Waals surface area (Å²) in [5.74, 6) is 0.361. The topological polar surface area (TPSA) is 38.7 Å². The molecular weight excluding hydrogens is 204 g/mol. The fourth-order valence-corrected chi connectivity index (χ4v) is 2.78. The predicted molar refractivity (Wildman–Crippen MR) is 62.4 cm³/mol. The van der Waals surface area contributed by atoms with Crippen molar-refractivity contribution in [1.82, 2.24) is 0 Å². The number of aliphatic hydroxyl groups excluding tert-OH is 1. The Kier molecular flexibility index (Phi) is 4.62. The van der Waals surface area contributed by atoms with Gasteiger partial charge in [0.05, 0.1) is 24.9 Å². The van der Waals surface area contributed by atoms with Gasteiger partial charge in [0.15, 0.2) is 0 Å². The van der Waals surface area contributed by atoms with E-state index in [0.29, 0.717) is 18.1 Å². The second-order valence-electron chi connectivity index (χ2n) is 5.27. The Labute approximate surface area is 98.1 Å². The minimum absolute atomic E-state index is 0.175. The zero-order chi connectivity index (χ0) is 11.4. The molecule has 0 amide bonds. The Bertz CT molecular complexity index is 201. The van der Waals surface area contributed by atoms with E-state index in [9.17, 15) is 5.11 Å². The van der Waals surface area contributed by atoms with Crippen molar-refractivity contribution in [3.05, 3.63) is 0 Å². The van der Waals surface area contributed by atoms with Crippen LogP contribution in [0.2, 0.25) is 0 Å². The molecule has 0 aromatic carbocycles. The maximum Gasteiger partial charge on any atom is 0.0591 e. The number of hydrogen-bond donors (Lipinski definition) is 1. The van der Waals surface area contributed by atoms with E-state index >= 15 is 0 Å². The fourth-order valence-electron chi connectivity index (χ4n) is 2.78. The van der Waals surface area contributed by atoms with Gasteiger partial charge in [-0.25, -0.2) is 0 Å². The first-order valence-electron chi connectivity index (χ1n) is 6.67. The lowest BCUT2D eigenvalue weighted by Gasteiger charge is -2.17. The molecule has 0 spiro atoms. The first-order chi connectivity index (χ1) is 7.75. The summed E-state index contributed by atoms with van der Waals surface area (Å²) in [5, 5.41) is 10.0. The highest BCUT2D eigenvalue weighted by Crippen LogP contribution is 2.26. The molecule has 16 heavy (non-hydrogen) atoms. The van der Waals surface area contributed by atoms with E-state index in [4.69, 9.17) is 9.47 Å². The van der Waals surface area contributed by atoms with Crippen molar-refractivity contribution in [2.45, 2.75) is 63.8 Å². The Morgan fingerprint density at radius 2 is 2.25 bits per heavy atom. The van der Waals surface area contributed by atoms with Gasteiger partial charge in [0.2, 0.25) is 0 Å². The highest BCUT2D eigenvalue weighted by Gasteiger charge is 2.28. The Hall–Kier alpha value is -0.120. The lowest BCUT2D eigenvalue weighted by molar-refractivity contribution is 0.0655. The standard InChI is InChI=1S/C13H24O3/c1-10-8-11(9-16-10)13(14)6-2-4-12-5-3-7-15-12/h10-14H,2-9H2,1H3. The second-order valence-corrected chi connectivity index (χ2v) is 5.27. The number of aliphatic hydroxyl groups is 1. The highest BCUT2D eigenvalue weighted by molar-refractivity contribution is 4.77. The van der Waals surface area contributed by atoms with Crippen molar-refractivity contribution in [2.75, 3.05) is 13.2 Å².